The first-order valence-corrected chi connectivity index (χ1v) is 7.26. The number of alkyl halides is 1. The molecule has 1 aromatic rings. The number of pyridine rings is 1. The summed E-state index contributed by atoms with van der Waals surface area (Å²) in [5, 5.41) is 0. The quantitative estimate of drug-likeness (QED) is 0.593. The van der Waals surface area contributed by atoms with Crippen LogP contribution in [-0.2, 0) is 16.4 Å². The van der Waals surface area contributed by atoms with Crippen molar-refractivity contribution in [1.82, 2.24) is 9.71 Å². The van der Waals surface area contributed by atoms with E-state index in [0.29, 0.717) is 25.3 Å². The summed E-state index contributed by atoms with van der Waals surface area (Å²) >= 11 is 5.46. The van der Waals surface area contributed by atoms with Crippen molar-refractivity contribution >= 4 is 21.6 Å². The highest BCUT2D eigenvalue weighted by Crippen LogP contribution is 1.97. The third-order valence-corrected chi connectivity index (χ3v) is 3.64. The number of sulfonamides is 1. The Balaban J connectivity index is 2.36. The Labute approximate surface area is 101 Å². The minimum atomic E-state index is -3.20. The molecule has 4 nitrogen and oxygen atoms in total. The van der Waals surface area contributed by atoms with E-state index in [1.54, 1.807) is 12.3 Å². The van der Waals surface area contributed by atoms with Gasteiger partial charge in [-0.05, 0) is 18.6 Å². The highest BCUT2D eigenvalue weighted by molar-refractivity contribution is 7.89. The molecule has 1 N–H and O–H groups in total. The van der Waals surface area contributed by atoms with Crippen LogP contribution in [0.25, 0.3) is 0 Å². The molecule has 1 aromatic heterocycles. The first kappa shape index (κ1) is 13.4. The van der Waals surface area contributed by atoms with Crippen molar-refractivity contribution in [2.24, 2.45) is 0 Å². The van der Waals surface area contributed by atoms with Gasteiger partial charge in [0.2, 0.25) is 10.0 Å². The lowest BCUT2D eigenvalue weighted by Crippen LogP contribution is -2.28. The number of nitrogens with zero attached hydrogens (tertiary/aromatic N) is 1. The van der Waals surface area contributed by atoms with Crippen molar-refractivity contribution in [3.8, 4) is 0 Å². The number of halogens is 1. The van der Waals surface area contributed by atoms with Crippen LogP contribution in [0, 0.1) is 0 Å². The van der Waals surface area contributed by atoms with E-state index in [0.717, 1.165) is 5.69 Å². The Morgan fingerprint density at radius 1 is 1.38 bits per heavy atom. The SMILES string of the molecule is O=S(=O)(CCc1ccccn1)NCCCCl. The minimum absolute atomic E-state index is 0.0618. The molecule has 0 radical (unpaired) electrons. The molecule has 0 spiro atoms. The fourth-order valence-corrected chi connectivity index (χ4v) is 2.36. The summed E-state index contributed by atoms with van der Waals surface area (Å²) in [7, 11) is -3.20. The summed E-state index contributed by atoms with van der Waals surface area (Å²) in [5.41, 5.74) is 0.783. The Hall–Kier alpha value is -0.650. The number of aromatic nitrogens is 1. The van der Waals surface area contributed by atoms with Crippen LogP contribution in [0.3, 0.4) is 0 Å². The van der Waals surface area contributed by atoms with Crippen LogP contribution in [0.2, 0.25) is 0 Å². The fourth-order valence-electron chi connectivity index (χ4n) is 1.15. The van der Waals surface area contributed by atoms with Gasteiger partial charge in [0.05, 0.1) is 5.75 Å². The van der Waals surface area contributed by atoms with E-state index < -0.39 is 10.0 Å². The molecule has 0 aromatic carbocycles. The van der Waals surface area contributed by atoms with E-state index in [4.69, 9.17) is 11.6 Å². The first-order chi connectivity index (χ1) is 7.64. The standard InChI is InChI=1S/C10H15ClN2O2S/c11-6-3-8-13-16(14,15)9-5-10-4-1-2-7-12-10/h1-2,4,7,13H,3,5-6,8-9H2. The molecule has 0 atom stereocenters. The highest BCUT2D eigenvalue weighted by atomic mass is 35.5. The van der Waals surface area contributed by atoms with E-state index in [2.05, 4.69) is 9.71 Å². The molecule has 1 rings (SSSR count). The van der Waals surface area contributed by atoms with Crippen LogP contribution in [0.4, 0.5) is 0 Å². The van der Waals surface area contributed by atoms with Crippen molar-refractivity contribution in [3.63, 3.8) is 0 Å². The van der Waals surface area contributed by atoms with E-state index in [9.17, 15) is 8.42 Å². The number of hydrogen-bond acceptors (Lipinski definition) is 3. The van der Waals surface area contributed by atoms with Gasteiger partial charge in [-0.25, -0.2) is 13.1 Å². The molecule has 0 fully saturated rings. The average Bonchev–Trinajstić information content (AvgIpc) is 2.28. The molecule has 90 valence electrons. The molecular weight excluding hydrogens is 248 g/mol. The van der Waals surface area contributed by atoms with Gasteiger partial charge in [-0.2, -0.15) is 0 Å². The predicted octanol–water partition coefficient (Wildman–Crippen LogP) is 1.17. The van der Waals surface area contributed by atoms with Gasteiger partial charge < -0.3 is 0 Å². The van der Waals surface area contributed by atoms with Gasteiger partial charge in [-0.15, -0.1) is 11.6 Å². The zero-order valence-corrected chi connectivity index (χ0v) is 10.5. The summed E-state index contributed by atoms with van der Waals surface area (Å²) < 4.78 is 25.5. The smallest absolute Gasteiger partial charge is 0.211 e. The van der Waals surface area contributed by atoms with Crippen LogP contribution in [0.1, 0.15) is 12.1 Å². The second-order valence-corrected chi connectivity index (χ2v) is 5.63. The van der Waals surface area contributed by atoms with Crippen LogP contribution in [-0.4, -0.2) is 31.6 Å². The maximum Gasteiger partial charge on any atom is 0.211 e. The van der Waals surface area contributed by atoms with Crippen molar-refractivity contribution < 1.29 is 8.42 Å². The van der Waals surface area contributed by atoms with E-state index >= 15 is 0 Å². The van der Waals surface area contributed by atoms with Crippen LogP contribution >= 0.6 is 11.6 Å². The summed E-state index contributed by atoms with van der Waals surface area (Å²) in [6.07, 6.45) is 2.73. The highest BCUT2D eigenvalue weighted by Gasteiger charge is 2.09. The van der Waals surface area contributed by atoms with Gasteiger partial charge in [0.1, 0.15) is 0 Å². The molecule has 0 amide bonds. The summed E-state index contributed by atoms with van der Waals surface area (Å²) in [5.74, 6) is 0.523. The van der Waals surface area contributed by atoms with Gasteiger partial charge >= 0.3 is 0 Å². The van der Waals surface area contributed by atoms with Crippen molar-refractivity contribution in [2.75, 3.05) is 18.2 Å². The molecule has 0 aliphatic heterocycles. The van der Waals surface area contributed by atoms with E-state index in [-0.39, 0.29) is 5.75 Å². The van der Waals surface area contributed by atoms with E-state index in [1.165, 1.54) is 0 Å². The van der Waals surface area contributed by atoms with Gasteiger partial charge in [0.25, 0.3) is 0 Å². The topological polar surface area (TPSA) is 59.1 Å². The molecule has 6 heteroatoms. The molecule has 16 heavy (non-hydrogen) atoms. The number of rotatable bonds is 7. The molecule has 0 saturated carbocycles. The third-order valence-electron chi connectivity index (χ3n) is 1.99. The lowest BCUT2D eigenvalue weighted by Gasteiger charge is -2.05. The lowest BCUT2D eigenvalue weighted by molar-refractivity contribution is 0.580. The van der Waals surface area contributed by atoms with Crippen molar-refractivity contribution in [2.45, 2.75) is 12.8 Å². The molecule has 0 aliphatic rings. The third kappa shape index (κ3) is 5.44. The Bertz CT molecular complexity index is 395. The van der Waals surface area contributed by atoms with Gasteiger partial charge in [0.15, 0.2) is 0 Å². The number of aryl methyl sites for hydroxylation is 1. The molecule has 0 saturated heterocycles. The van der Waals surface area contributed by atoms with Gasteiger partial charge in [-0.1, -0.05) is 6.07 Å². The molecule has 0 aliphatic carbocycles. The van der Waals surface area contributed by atoms with Gasteiger partial charge in [-0.3, -0.25) is 4.98 Å². The second-order valence-electron chi connectivity index (χ2n) is 3.33. The summed E-state index contributed by atoms with van der Waals surface area (Å²) in [6.45, 7) is 0.397. The second kappa shape index (κ2) is 6.83. The van der Waals surface area contributed by atoms with Crippen LogP contribution < -0.4 is 4.72 Å². The predicted molar refractivity (Wildman–Crippen MR) is 65.1 cm³/mol. The van der Waals surface area contributed by atoms with E-state index in [1.807, 2.05) is 12.1 Å². The average molecular weight is 263 g/mol. The zero-order valence-electron chi connectivity index (χ0n) is 8.89. The van der Waals surface area contributed by atoms with Crippen molar-refractivity contribution in [3.05, 3.63) is 30.1 Å². The minimum Gasteiger partial charge on any atom is -0.261 e. The Morgan fingerprint density at radius 3 is 2.81 bits per heavy atom. The Morgan fingerprint density at radius 2 is 2.19 bits per heavy atom. The fraction of sp³-hybridized carbons (Fsp3) is 0.500. The summed E-state index contributed by atoms with van der Waals surface area (Å²) in [4.78, 5) is 4.06. The Kier molecular flexibility index (Phi) is 5.73. The molecule has 0 unspecified atom stereocenters. The molecular formula is C10H15ClN2O2S. The monoisotopic (exact) mass is 262 g/mol. The normalized spacial score (nSPS) is 11.6. The first-order valence-electron chi connectivity index (χ1n) is 5.07. The van der Waals surface area contributed by atoms with Crippen molar-refractivity contribution in [1.29, 1.82) is 0 Å². The van der Waals surface area contributed by atoms with Crippen LogP contribution in [0.15, 0.2) is 24.4 Å². The molecule has 0 bridgehead atoms. The molecule has 1 heterocycles. The summed E-state index contributed by atoms with van der Waals surface area (Å²) in [6, 6.07) is 5.46. The maximum atomic E-state index is 11.5. The lowest BCUT2D eigenvalue weighted by atomic mass is 10.3. The van der Waals surface area contributed by atoms with Crippen LogP contribution in [0.5, 0.6) is 0 Å². The largest absolute Gasteiger partial charge is 0.261 e. The number of hydrogen-bond donors (Lipinski definition) is 1. The van der Waals surface area contributed by atoms with Gasteiger partial charge in [0, 0.05) is 30.7 Å². The zero-order chi connectivity index (χ0) is 11.9. The maximum absolute atomic E-state index is 11.5. The number of nitrogens with one attached hydrogen (secondary N) is 1.